The molecule has 0 bridgehead atoms. The van der Waals surface area contributed by atoms with Crippen LogP contribution in [-0.4, -0.2) is 33.7 Å². The first-order valence-electron chi connectivity index (χ1n) is 6.19. The van der Waals surface area contributed by atoms with Crippen LogP contribution in [0.4, 0.5) is 0 Å². The van der Waals surface area contributed by atoms with Gasteiger partial charge < -0.3 is 9.47 Å². The van der Waals surface area contributed by atoms with E-state index >= 15 is 0 Å². The van der Waals surface area contributed by atoms with Crippen LogP contribution in [-0.2, 0) is 25.0 Å². The molecule has 1 heterocycles. The van der Waals surface area contributed by atoms with Crippen molar-refractivity contribution in [2.45, 2.75) is 0 Å². The highest BCUT2D eigenvalue weighted by Crippen LogP contribution is 2.30. The highest BCUT2D eigenvalue weighted by molar-refractivity contribution is 7.78. The number of amides is 1. The van der Waals surface area contributed by atoms with Crippen LogP contribution in [0.2, 0.25) is 0 Å². The summed E-state index contributed by atoms with van der Waals surface area (Å²) in [6, 6.07) is 6.80. The predicted octanol–water partition coefficient (Wildman–Crippen LogP) is 1.66. The lowest BCUT2D eigenvalue weighted by Gasteiger charge is -2.11. The lowest BCUT2D eigenvalue weighted by atomic mass is 10.1. The Hall–Kier alpha value is -2.30. The van der Waals surface area contributed by atoms with Crippen molar-refractivity contribution >= 4 is 34.3 Å². The number of ether oxygens (including phenoxy) is 2. The van der Waals surface area contributed by atoms with Crippen molar-refractivity contribution in [1.29, 1.82) is 0 Å². The minimum absolute atomic E-state index is 0.123. The Kier molecular flexibility index (Phi) is 6.20. The van der Waals surface area contributed by atoms with E-state index in [4.69, 9.17) is 9.47 Å². The SMILES string of the molecule is CO/C=C(/C(=O)NS(=O)OC)c1ccccc1Oc1ncns1. The fourth-order valence-electron chi connectivity index (χ4n) is 1.61. The van der Waals surface area contributed by atoms with Gasteiger partial charge in [-0.2, -0.15) is 9.36 Å². The van der Waals surface area contributed by atoms with Gasteiger partial charge in [0.15, 0.2) is 0 Å². The van der Waals surface area contributed by atoms with Gasteiger partial charge in [-0.25, -0.2) is 8.93 Å². The monoisotopic (exact) mass is 355 g/mol. The fraction of sp³-hybridized carbons (Fsp3) is 0.154. The zero-order valence-corrected chi connectivity index (χ0v) is 13.8. The quantitative estimate of drug-likeness (QED) is 0.595. The Bertz CT molecular complexity index is 718. The zero-order chi connectivity index (χ0) is 16.7. The first-order chi connectivity index (χ1) is 11.2. The Morgan fingerprint density at radius 1 is 1.35 bits per heavy atom. The number of hydrogen-bond donors (Lipinski definition) is 1. The molecule has 0 aliphatic rings. The second-order valence-electron chi connectivity index (χ2n) is 3.91. The summed E-state index contributed by atoms with van der Waals surface area (Å²) in [6.07, 6.45) is 2.59. The summed E-state index contributed by atoms with van der Waals surface area (Å²) >= 11 is -0.879. The van der Waals surface area contributed by atoms with Gasteiger partial charge in [-0.3, -0.25) is 8.98 Å². The molecule has 1 aromatic carbocycles. The molecule has 0 aliphatic carbocycles. The van der Waals surface area contributed by atoms with Crippen molar-refractivity contribution < 1.29 is 22.7 Å². The lowest BCUT2D eigenvalue weighted by Crippen LogP contribution is -2.27. The number of benzene rings is 1. The number of nitrogens with zero attached hydrogens (tertiary/aromatic N) is 2. The van der Waals surface area contributed by atoms with Gasteiger partial charge in [-0.15, -0.1) is 0 Å². The highest BCUT2D eigenvalue weighted by Gasteiger charge is 2.19. The van der Waals surface area contributed by atoms with E-state index in [1.165, 1.54) is 26.8 Å². The van der Waals surface area contributed by atoms with Gasteiger partial charge in [0.05, 0.1) is 26.1 Å². The molecule has 0 radical (unpaired) electrons. The summed E-state index contributed by atoms with van der Waals surface area (Å²) in [5.41, 5.74) is 0.563. The molecule has 10 heteroatoms. The number of methoxy groups -OCH3 is 1. The average Bonchev–Trinajstić information content (AvgIpc) is 3.06. The molecular formula is C13H13N3O5S2. The van der Waals surface area contributed by atoms with E-state index in [1.807, 2.05) is 0 Å². The van der Waals surface area contributed by atoms with Crippen LogP contribution in [0.15, 0.2) is 36.9 Å². The number of carbonyl (C=O) groups excluding carboxylic acids is 1. The second-order valence-corrected chi connectivity index (χ2v) is 5.65. The van der Waals surface area contributed by atoms with Gasteiger partial charge >= 0.3 is 0 Å². The minimum Gasteiger partial charge on any atom is -0.504 e. The number of aromatic nitrogens is 2. The minimum atomic E-state index is -1.95. The van der Waals surface area contributed by atoms with Crippen molar-refractivity contribution in [3.05, 3.63) is 42.4 Å². The molecule has 0 saturated heterocycles. The smallest absolute Gasteiger partial charge is 0.298 e. The zero-order valence-electron chi connectivity index (χ0n) is 12.2. The topological polar surface area (TPSA) is 99.6 Å². The molecule has 122 valence electrons. The van der Waals surface area contributed by atoms with E-state index in [1.54, 1.807) is 24.3 Å². The van der Waals surface area contributed by atoms with Gasteiger partial charge in [-0.1, -0.05) is 18.2 Å². The molecule has 0 saturated carbocycles. The van der Waals surface area contributed by atoms with Crippen molar-refractivity contribution in [3.63, 3.8) is 0 Å². The van der Waals surface area contributed by atoms with E-state index in [0.717, 1.165) is 11.5 Å². The number of para-hydroxylation sites is 1. The number of carbonyl (C=O) groups is 1. The third-order valence-electron chi connectivity index (χ3n) is 2.52. The van der Waals surface area contributed by atoms with Crippen molar-refractivity contribution in [1.82, 2.24) is 14.1 Å². The summed E-state index contributed by atoms with van der Waals surface area (Å²) in [4.78, 5) is 16.2. The van der Waals surface area contributed by atoms with Crippen molar-refractivity contribution in [3.8, 4) is 10.9 Å². The normalized spacial score (nSPS) is 12.5. The molecule has 0 spiro atoms. The highest BCUT2D eigenvalue weighted by atomic mass is 32.2. The summed E-state index contributed by atoms with van der Waals surface area (Å²) in [6.45, 7) is 0. The molecule has 0 fully saturated rings. The van der Waals surface area contributed by atoms with Crippen molar-refractivity contribution in [2.24, 2.45) is 0 Å². The van der Waals surface area contributed by atoms with Crippen LogP contribution < -0.4 is 9.46 Å². The first-order valence-corrected chi connectivity index (χ1v) is 8.04. The van der Waals surface area contributed by atoms with Gasteiger partial charge in [0, 0.05) is 17.1 Å². The van der Waals surface area contributed by atoms with E-state index < -0.39 is 17.2 Å². The number of nitrogens with one attached hydrogen (secondary N) is 1. The molecule has 2 aromatic rings. The third kappa shape index (κ3) is 4.58. The lowest BCUT2D eigenvalue weighted by molar-refractivity contribution is -0.114. The summed E-state index contributed by atoms with van der Waals surface area (Å²) < 4.78 is 32.5. The van der Waals surface area contributed by atoms with E-state index in [9.17, 15) is 9.00 Å². The van der Waals surface area contributed by atoms with Crippen LogP contribution in [0, 0.1) is 0 Å². The molecule has 23 heavy (non-hydrogen) atoms. The Morgan fingerprint density at radius 3 is 2.78 bits per heavy atom. The molecule has 2 rings (SSSR count). The summed E-state index contributed by atoms with van der Waals surface area (Å²) in [5.74, 6) is -0.258. The van der Waals surface area contributed by atoms with Crippen molar-refractivity contribution in [2.75, 3.05) is 14.2 Å². The Morgan fingerprint density at radius 2 is 2.13 bits per heavy atom. The molecular weight excluding hydrogens is 342 g/mol. The Labute approximate surface area is 139 Å². The van der Waals surface area contributed by atoms with Gasteiger partial charge in [0.1, 0.15) is 12.1 Å². The van der Waals surface area contributed by atoms with E-state index in [2.05, 4.69) is 18.3 Å². The first kappa shape index (κ1) is 17.1. The van der Waals surface area contributed by atoms with Crippen LogP contribution in [0.1, 0.15) is 5.56 Å². The molecule has 1 atom stereocenters. The molecule has 8 nitrogen and oxygen atoms in total. The average molecular weight is 355 g/mol. The molecule has 1 unspecified atom stereocenters. The number of rotatable bonds is 7. The van der Waals surface area contributed by atoms with Crippen LogP contribution in [0.5, 0.6) is 10.9 Å². The predicted molar refractivity (Wildman–Crippen MR) is 84.7 cm³/mol. The number of hydrogen-bond acceptors (Lipinski definition) is 8. The van der Waals surface area contributed by atoms with Crippen LogP contribution >= 0.6 is 11.5 Å². The summed E-state index contributed by atoms with van der Waals surface area (Å²) in [7, 11) is 2.61. The Balaban J connectivity index is 2.34. The fourth-order valence-corrected chi connectivity index (χ4v) is 2.36. The van der Waals surface area contributed by atoms with Gasteiger partial charge in [-0.05, 0) is 6.07 Å². The van der Waals surface area contributed by atoms with E-state index in [0.29, 0.717) is 16.5 Å². The standard InChI is InChI=1S/C13H13N3O5S2/c1-19-7-10(12(17)16-23(18)20-2)9-5-3-4-6-11(9)21-13-14-8-15-22-13/h3-8H,1-2H3,(H,16,17)/b10-7+. The summed E-state index contributed by atoms with van der Waals surface area (Å²) in [5, 5.41) is 0.329. The maximum absolute atomic E-state index is 12.2. The molecule has 0 aliphatic heterocycles. The molecule has 1 amide bonds. The van der Waals surface area contributed by atoms with Crippen LogP contribution in [0.25, 0.3) is 5.57 Å². The van der Waals surface area contributed by atoms with Gasteiger partial charge in [0.2, 0.25) is 0 Å². The third-order valence-corrected chi connectivity index (χ3v) is 3.72. The maximum Gasteiger partial charge on any atom is 0.298 e. The van der Waals surface area contributed by atoms with E-state index in [-0.39, 0.29) is 5.57 Å². The van der Waals surface area contributed by atoms with Crippen LogP contribution in [0.3, 0.4) is 0 Å². The van der Waals surface area contributed by atoms with Gasteiger partial charge in [0.25, 0.3) is 22.4 Å². The second kappa shape index (κ2) is 8.36. The molecule has 1 aromatic heterocycles. The largest absolute Gasteiger partial charge is 0.504 e. The molecule has 1 N–H and O–H groups in total. The maximum atomic E-state index is 12.2.